The molecule has 2 N–H and O–H groups in total. The molecule has 8 heteroatoms. The van der Waals surface area contributed by atoms with Crippen molar-refractivity contribution in [2.45, 2.75) is 25.6 Å². The molecule has 30 heavy (non-hydrogen) atoms. The standard InChI is InChI=1S/C22H21N5O3/c1-2-25-22(10-17(11-26-22)7-15-4-3-5-16(6-15)13-28)19-9-20-18(12-23-14-24-20)8-21(19)27(29)30/h3-6,8-12,14,25,28H,2,7,13H2,1H3. The molecule has 0 amide bonds. The second-order valence-electron chi connectivity index (χ2n) is 7.14. The van der Waals surface area contributed by atoms with Crippen LogP contribution in [0.15, 0.2) is 65.6 Å². The van der Waals surface area contributed by atoms with Crippen LogP contribution in [0.3, 0.4) is 0 Å². The van der Waals surface area contributed by atoms with Gasteiger partial charge in [0.2, 0.25) is 0 Å². The van der Waals surface area contributed by atoms with Gasteiger partial charge in [0.05, 0.1) is 22.6 Å². The summed E-state index contributed by atoms with van der Waals surface area (Å²) < 4.78 is 0. The Morgan fingerprint density at radius 2 is 2.07 bits per heavy atom. The number of aliphatic hydroxyl groups is 1. The second kappa shape index (κ2) is 8.10. The molecule has 0 radical (unpaired) electrons. The lowest BCUT2D eigenvalue weighted by Gasteiger charge is -2.25. The van der Waals surface area contributed by atoms with Gasteiger partial charge in [-0.25, -0.2) is 9.97 Å². The van der Waals surface area contributed by atoms with E-state index in [0.717, 1.165) is 16.7 Å². The van der Waals surface area contributed by atoms with Crippen LogP contribution in [0.1, 0.15) is 23.6 Å². The van der Waals surface area contributed by atoms with Gasteiger partial charge in [0, 0.05) is 23.9 Å². The Labute approximate surface area is 173 Å². The molecule has 0 fully saturated rings. The normalized spacial score (nSPS) is 18.0. The lowest BCUT2D eigenvalue weighted by molar-refractivity contribution is -0.385. The molecule has 1 unspecified atom stereocenters. The third-order valence-corrected chi connectivity index (χ3v) is 5.09. The fourth-order valence-corrected chi connectivity index (χ4v) is 3.78. The maximum Gasteiger partial charge on any atom is 0.277 e. The van der Waals surface area contributed by atoms with Gasteiger partial charge in [-0.3, -0.25) is 20.4 Å². The minimum Gasteiger partial charge on any atom is -0.392 e. The number of nitrogens with one attached hydrogen (secondary N) is 1. The summed E-state index contributed by atoms with van der Waals surface area (Å²) in [4.78, 5) is 24.3. The third-order valence-electron chi connectivity index (χ3n) is 5.09. The summed E-state index contributed by atoms with van der Waals surface area (Å²) in [6, 6.07) is 10.9. The number of hydrogen-bond acceptors (Lipinski definition) is 7. The summed E-state index contributed by atoms with van der Waals surface area (Å²) in [7, 11) is 0. The molecule has 0 saturated heterocycles. The van der Waals surface area contributed by atoms with Gasteiger partial charge in [0.25, 0.3) is 5.69 Å². The molecule has 1 aromatic heterocycles. The van der Waals surface area contributed by atoms with Crippen LogP contribution in [0.2, 0.25) is 0 Å². The van der Waals surface area contributed by atoms with Crippen molar-refractivity contribution in [3.05, 3.63) is 87.4 Å². The molecule has 1 aliphatic heterocycles. The van der Waals surface area contributed by atoms with E-state index in [-0.39, 0.29) is 12.3 Å². The number of fused-ring (bicyclic) bond motifs is 1. The van der Waals surface area contributed by atoms with Crippen LogP contribution in [0.25, 0.3) is 10.9 Å². The molecule has 0 bridgehead atoms. The van der Waals surface area contributed by atoms with Crippen LogP contribution >= 0.6 is 0 Å². The van der Waals surface area contributed by atoms with E-state index < -0.39 is 10.6 Å². The van der Waals surface area contributed by atoms with Gasteiger partial charge in [-0.15, -0.1) is 0 Å². The molecule has 0 saturated carbocycles. The first-order valence-corrected chi connectivity index (χ1v) is 9.64. The fraction of sp³-hybridized carbons (Fsp3) is 0.227. The monoisotopic (exact) mass is 403 g/mol. The molecular formula is C22H21N5O3. The molecule has 2 aromatic carbocycles. The van der Waals surface area contributed by atoms with Gasteiger partial charge < -0.3 is 5.11 Å². The van der Waals surface area contributed by atoms with Crippen LogP contribution in [0.4, 0.5) is 5.69 Å². The molecule has 1 aliphatic rings. The fourth-order valence-electron chi connectivity index (χ4n) is 3.78. The third kappa shape index (κ3) is 3.70. The average Bonchev–Trinajstić information content (AvgIpc) is 3.16. The first kappa shape index (κ1) is 19.8. The average molecular weight is 403 g/mol. The molecule has 8 nitrogen and oxygen atoms in total. The molecule has 1 atom stereocenters. The maximum atomic E-state index is 11.9. The maximum absolute atomic E-state index is 11.9. The van der Waals surface area contributed by atoms with Gasteiger partial charge in [0.1, 0.15) is 6.33 Å². The number of aliphatic hydroxyl groups excluding tert-OH is 1. The predicted molar refractivity (Wildman–Crippen MR) is 114 cm³/mol. The molecular weight excluding hydrogens is 382 g/mol. The minimum absolute atomic E-state index is 0.0204. The number of allylic oxidation sites excluding steroid dienone is 1. The van der Waals surface area contributed by atoms with E-state index in [1.165, 1.54) is 12.4 Å². The Kier molecular flexibility index (Phi) is 5.35. The van der Waals surface area contributed by atoms with Crippen molar-refractivity contribution in [1.29, 1.82) is 0 Å². The number of nitro benzene ring substituents is 1. The van der Waals surface area contributed by atoms with Crippen molar-refractivity contribution in [2.75, 3.05) is 6.54 Å². The highest BCUT2D eigenvalue weighted by molar-refractivity contribution is 5.86. The first-order chi connectivity index (χ1) is 14.5. The van der Waals surface area contributed by atoms with Crippen molar-refractivity contribution in [1.82, 2.24) is 15.3 Å². The predicted octanol–water partition coefficient (Wildman–Crippen LogP) is 3.05. The van der Waals surface area contributed by atoms with E-state index in [4.69, 9.17) is 0 Å². The van der Waals surface area contributed by atoms with E-state index >= 15 is 0 Å². The quantitative estimate of drug-likeness (QED) is 0.463. The van der Waals surface area contributed by atoms with Crippen LogP contribution in [0, 0.1) is 10.1 Å². The summed E-state index contributed by atoms with van der Waals surface area (Å²) >= 11 is 0. The van der Waals surface area contributed by atoms with Crippen LogP contribution in [0.5, 0.6) is 0 Å². The Bertz CT molecular complexity index is 1170. The number of benzene rings is 2. The summed E-state index contributed by atoms with van der Waals surface area (Å²) in [5.41, 5.74) is 2.79. The van der Waals surface area contributed by atoms with Crippen LogP contribution in [-0.4, -0.2) is 32.8 Å². The Balaban J connectivity index is 1.79. The number of hydrogen-bond donors (Lipinski definition) is 2. The second-order valence-corrected chi connectivity index (χ2v) is 7.14. The number of likely N-dealkylation sites (N-methyl/N-ethyl adjacent to an activating group) is 1. The van der Waals surface area contributed by atoms with Crippen LogP contribution < -0.4 is 5.32 Å². The summed E-state index contributed by atoms with van der Waals surface area (Å²) in [6.07, 6.45) is 7.27. The number of aromatic nitrogens is 2. The smallest absolute Gasteiger partial charge is 0.277 e. The summed E-state index contributed by atoms with van der Waals surface area (Å²) in [5, 5.41) is 25.1. The molecule has 3 aromatic rings. The van der Waals surface area contributed by atoms with Crippen molar-refractivity contribution in [3.63, 3.8) is 0 Å². The summed E-state index contributed by atoms with van der Waals surface area (Å²) in [6.45, 7) is 2.48. The number of rotatable bonds is 7. The van der Waals surface area contributed by atoms with Crippen molar-refractivity contribution >= 4 is 22.8 Å². The van der Waals surface area contributed by atoms with Crippen molar-refractivity contribution in [3.8, 4) is 0 Å². The van der Waals surface area contributed by atoms with E-state index in [1.54, 1.807) is 18.5 Å². The Morgan fingerprint density at radius 3 is 2.83 bits per heavy atom. The SMILES string of the molecule is CCNC1(c2cc3ncncc3cc2[N+](=O)[O-])C=C(Cc2cccc(CO)c2)C=N1. The topological polar surface area (TPSA) is 114 Å². The van der Waals surface area contributed by atoms with E-state index in [1.807, 2.05) is 37.3 Å². The Hall–Kier alpha value is -3.49. The molecule has 4 rings (SSSR count). The van der Waals surface area contributed by atoms with E-state index in [0.29, 0.717) is 29.4 Å². The van der Waals surface area contributed by atoms with Gasteiger partial charge in [0.15, 0.2) is 5.66 Å². The number of nitrogens with zero attached hydrogens (tertiary/aromatic N) is 4. The zero-order valence-electron chi connectivity index (χ0n) is 16.4. The zero-order chi connectivity index (χ0) is 21.1. The van der Waals surface area contributed by atoms with Gasteiger partial charge in [-0.1, -0.05) is 31.2 Å². The lowest BCUT2D eigenvalue weighted by Crippen LogP contribution is -2.38. The Morgan fingerprint density at radius 1 is 1.23 bits per heavy atom. The molecule has 0 aliphatic carbocycles. The molecule has 0 spiro atoms. The summed E-state index contributed by atoms with van der Waals surface area (Å²) in [5.74, 6) is 0. The zero-order valence-corrected chi connectivity index (χ0v) is 16.4. The van der Waals surface area contributed by atoms with Gasteiger partial charge in [-0.2, -0.15) is 0 Å². The van der Waals surface area contributed by atoms with Crippen molar-refractivity contribution < 1.29 is 10.0 Å². The minimum atomic E-state index is -1.04. The lowest BCUT2D eigenvalue weighted by atomic mass is 9.94. The van der Waals surface area contributed by atoms with Crippen LogP contribution in [-0.2, 0) is 18.7 Å². The van der Waals surface area contributed by atoms with Crippen molar-refractivity contribution in [2.24, 2.45) is 4.99 Å². The number of nitro groups is 1. The highest BCUT2D eigenvalue weighted by Crippen LogP contribution is 2.38. The molecule has 2 heterocycles. The molecule has 152 valence electrons. The highest BCUT2D eigenvalue weighted by Gasteiger charge is 2.38. The van der Waals surface area contributed by atoms with E-state index in [9.17, 15) is 15.2 Å². The largest absolute Gasteiger partial charge is 0.392 e. The van der Waals surface area contributed by atoms with Gasteiger partial charge in [-0.05, 0) is 41.8 Å². The first-order valence-electron chi connectivity index (χ1n) is 9.64. The number of aliphatic imine (C=N–C) groups is 1. The van der Waals surface area contributed by atoms with Gasteiger partial charge >= 0.3 is 0 Å². The highest BCUT2D eigenvalue weighted by atomic mass is 16.6. The van der Waals surface area contributed by atoms with E-state index in [2.05, 4.69) is 20.3 Å².